The van der Waals surface area contributed by atoms with Gasteiger partial charge in [-0.25, -0.2) is 0 Å². The standard InChI is InChI=1S/C16H17ClO3/c1-11(18)15-8-7-14(19-2)9-16(15)20-10-12-3-5-13(17)6-4-12/h3-9,11,18H,10H2,1-2H3. The molecule has 0 saturated carbocycles. The number of aliphatic hydroxyl groups is 1. The summed E-state index contributed by atoms with van der Waals surface area (Å²) in [5.74, 6) is 1.31. The summed E-state index contributed by atoms with van der Waals surface area (Å²) in [4.78, 5) is 0. The molecule has 3 nitrogen and oxygen atoms in total. The van der Waals surface area contributed by atoms with Crippen molar-refractivity contribution in [2.24, 2.45) is 0 Å². The zero-order chi connectivity index (χ0) is 14.5. The fourth-order valence-corrected chi connectivity index (χ4v) is 1.98. The third kappa shape index (κ3) is 3.65. The lowest BCUT2D eigenvalue weighted by Crippen LogP contribution is -2.01. The van der Waals surface area contributed by atoms with Gasteiger partial charge in [0.1, 0.15) is 18.1 Å². The van der Waals surface area contributed by atoms with Gasteiger partial charge in [-0.2, -0.15) is 0 Å². The molecule has 20 heavy (non-hydrogen) atoms. The Hall–Kier alpha value is -1.71. The second kappa shape index (κ2) is 6.64. The molecule has 4 heteroatoms. The average Bonchev–Trinajstić information content (AvgIpc) is 2.46. The Balaban J connectivity index is 2.16. The number of ether oxygens (including phenoxy) is 2. The van der Waals surface area contributed by atoms with Crippen molar-refractivity contribution in [3.05, 3.63) is 58.6 Å². The van der Waals surface area contributed by atoms with Gasteiger partial charge in [0.25, 0.3) is 0 Å². The van der Waals surface area contributed by atoms with E-state index in [2.05, 4.69) is 0 Å². The number of aliphatic hydroxyl groups excluding tert-OH is 1. The molecule has 0 heterocycles. The summed E-state index contributed by atoms with van der Waals surface area (Å²) in [6.45, 7) is 2.11. The molecule has 0 amide bonds. The molecule has 0 fully saturated rings. The van der Waals surface area contributed by atoms with Crippen LogP contribution in [-0.2, 0) is 6.61 Å². The van der Waals surface area contributed by atoms with Crippen LogP contribution in [0.5, 0.6) is 11.5 Å². The lowest BCUT2D eigenvalue weighted by Gasteiger charge is -2.14. The first-order valence-corrected chi connectivity index (χ1v) is 6.71. The van der Waals surface area contributed by atoms with Crippen LogP contribution in [0.1, 0.15) is 24.2 Å². The van der Waals surface area contributed by atoms with Gasteiger partial charge >= 0.3 is 0 Å². The topological polar surface area (TPSA) is 38.7 Å². The van der Waals surface area contributed by atoms with Crippen molar-refractivity contribution in [2.45, 2.75) is 19.6 Å². The number of halogens is 1. The molecule has 0 aromatic heterocycles. The van der Waals surface area contributed by atoms with Gasteiger partial charge in [-0.05, 0) is 36.8 Å². The zero-order valence-electron chi connectivity index (χ0n) is 11.5. The second-order valence-corrected chi connectivity index (χ2v) is 4.93. The van der Waals surface area contributed by atoms with Gasteiger partial charge in [0.15, 0.2) is 0 Å². The fourth-order valence-electron chi connectivity index (χ4n) is 1.85. The van der Waals surface area contributed by atoms with Gasteiger partial charge in [-0.1, -0.05) is 23.7 Å². The molecule has 2 rings (SSSR count). The van der Waals surface area contributed by atoms with Crippen LogP contribution in [0.25, 0.3) is 0 Å². The van der Waals surface area contributed by atoms with E-state index in [0.29, 0.717) is 23.1 Å². The number of benzene rings is 2. The van der Waals surface area contributed by atoms with Gasteiger partial charge < -0.3 is 14.6 Å². The van der Waals surface area contributed by atoms with Crippen LogP contribution >= 0.6 is 11.6 Å². The third-order valence-electron chi connectivity index (χ3n) is 2.98. The lowest BCUT2D eigenvalue weighted by atomic mass is 10.1. The Kier molecular flexibility index (Phi) is 4.88. The van der Waals surface area contributed by atoms with Crippen LogP contribution in [0.4, 0.5) is 0 Å². The molecule has 0 radical (unpaired) electrons. The molecule has 0 aliphatic heterocycles. The van der Waals surface area contributed by atoms with E-state index in [0.717, 1.165) is 11.1 Å². The van der Waals surface area contributed by atoms with E-state index < -0.39 is 6.10 Å². The highest BCUT2D eigenvalue weighted by molar-refractivity contribution is 6.30. The third-order valence-corrected chi connectivity index (χ3v) is 3.23. The van der Waals surface area contributed by atoms with Gasteiger partial charge in [0.05, 0.1) is 13.2 Å². The number of hydrogen-bond acceptors (Lipinski definition) is 3. The van der Waals surface area contributed by atoms with Crippen molar-refractivity contribution in [3.8, 4) is 11.5 Å². The van der Waals surface area contributed by atoms with E-state index in [9.17, 15) is 5.11 Å². The largest absolute Gasteiger partial charge is 0.497 e. The van der Waals surface area contributed by atoms with Gasteiger partial charge in [0, 0.05) is 16.7 Å². The molecule has 106 valence electrons. The van der Waals surface area contributed by atoms with Crippen LogP contribution in [0.3, 0.4) is 0 Å². The molecule has 0 saturated heterocycles. The first-order valence-electron chi connectivity index (χ1n) is 6.33. The van der Waals surface area contributed by atoms with E-state index >= 15 is 0 Å². The molecular weight excluding hydrogens is 276 g/mol. The Labute approximate surface area is 123 Å². The second-order valence-electron chi connectivity index (χ2n) is 4.49. The number of hydrogen-bond donors (Lipinski definition) is 1. The Morgan fingerprint density at radius 2 is 1.85 bits per heavy atom. The molecular formula is C16H17ClO3. The molecule has 1 atom stereocenters. The van der Waals surface area contributed by atoms with Crippen molar-refractivity contribution in [1.82, 2.24) is 0 Å². The average molecular weight is 293 g/mol. The van der Waals surface area contributed by atoms with Crippen LogP contribution in [0.2, 0.25) is 5.02 Å². The smallest absolute Gasteiger partial charge is 0.129 e. The van der Waals surface area contributed by atoms with Gasteiger partial charge in [0.2, 0.25) is 0 Å². The zero-order valence-corrected chi connectivity index (χ0v) is 12.2. The van der Waals surface area contributed by atoms with Crippen LogP contribution in [0.15, 0.2) is 42.5 Å². The van der Waals surface area contributed by atoms with Crippen LogP contribution in [0, 0.1) is 0 Å². The maximum absolute atomic E-state index is 9.76. The highest BCUT2D eigenvalue weighted by Crippen LogP contribution is 2.30. The molecule has 0 bridgehead atoms. The van der Waals surface area contributed by atoms with Crippen molar-refractivity contribution in [2.75, 3.05) is 7.11 Å². The summed E-state index contributed by atoms with van der Waals surface area (Å²) in [5, 5.41) is 10.5. The molecule has 0 aliphatic rings. The highest BCUT2D eigenvalue weighted by atomic mass is 35.5. The molecule has 2 aromatic rings. The van der Waals surface area contributed by atoms with E-state index in [4.69, 9.17) is 21.1 Å². The lowest BCUT2D eigenvalue weighted by molar-refractivity contribution is 0.190. The Morgan fingerprint density at radius 3 is 2.45 bits per heavy atom. The molecule has 0 aliphatic carbocycles. The summed E-state index contributed by atoms with van der Waals surface area (Å²) in [5.41, 5.74) is 1.74. The minimum atomic E-state index is -0.596. The van der Waals surface area contributed by atoms with E-state index in [1.807, 2.05) is 24.3 Å². The first-order chi connectivity index (χ1) is 9.60. The Morgan fingerprint density at radius 1 is 1.15 bits per heavy atom. The molecule has 1 unspecified atom stereocenters. The normalized spacial score (nSPS) is 12.0. The summed E-state index contributed by atoms with van der Waals surface area (Å²) in [6.07, 6.45) is -0.596. The number of methoxy groups -OCH3 is 1. The fraction of sp³-hybridized carbons (Fsp3) is 0.250. The van der Waals surface area contributed by atoms with Crippen molar-refractivity contribution < 1.29 is 14.6 Å². The monoisotopic (exact) mass is 292 g/mol. The summed E-state index contributed by atoms with van der Waals surface area (Å²) in [6, 6.07) is 12.8. The van der Waals surface area contributed by atoms with E-state index in [-0.39, 0.29) is 0 Å². The Bertz CT molecular complexity index is 564. The summed E-state index contributed by atoms with van der Waals surface area (Å²) in [7, 11) is 1.60. The van der Waals surface area contributed by atoms with E-state index in [1.54, 1.807) is 32.2 Å². The number of rotatable bonds is 5. The van der Waals surface area contributed by atoms with Crippen LogP contribution in [-0.4, -0.2) is 12.2 Å². The predicted octanol–water partition coefficient (Wildman–Crippen LogP) is 3.98. The molecule has 0 spiro atoms. The highest BCUT2D eigenvalue weighted by Gasteiger charge is 2.10. The van der Waals surface area contributed by atoms with Gasteiger partial charge in [-0.3, -0.25) is 0 Å². The van der Waals surface area contributed by atoms with Gasteiger partial charge in [-0.15, -0.1) is 0 Å². The van der Waals surface area contributed by atoms with Crippen LogP contribution < -0.4 is 9.47 Å². The maximum Gasteiger partial charge on any atom is 0.129 e. The summed E-state index contributed by atoms with van der Waals surface area (Å²) >= 11 is 5.84. The van der Waals surface area contributed by atoms with Crippen molar-refractivity contribution in [1.29, 1.82) is 0 Å². The maximum atomic E-state index is 9.76. The minimum Gasteiger partial charge on any atom is -0.497 e. The minimum absolute atomic E-state index is 0.407. The molecule has 1 N–H and O–H groups in total. The SMILES string of the molecule is COc1ccc(C(C)O)c(OCc2ccc(Cl)cc2)c1. The summed E-state index contributed by atoms with van der Waals surface area (Å²) < 4.78 is 11.0. The first kappa shape index (κ1) is 14.7. The predicted molar refractivity (Wildman–Crippen MR) is 79.4 cm³/mol. The van der Waals surface area contributed by atoms with Crippen molar-refractivity contribution >= 4 is 11.6 Å². The van der Waals surface area contributed by atoms with E-state index in [1.165, 1.54) is 0 Å². The molecule has 2 aromatic carbocycles. The van der Waals surface area contributed by atoms with Crippen molar-refractivity contribution in [3.63, 3.8) is 0 Å². The quantitative estimate of drug-likeness (QED) is 0.906.